The third-order valence-corrected chi connectivity index (χ3v) is 5.50. The molecule has 2 amide bonds. The van der Waals surface area contributed by atoms with Crippen LogP contribution in [0.15, 0.2) is 6.07 Å². The van der Waals surface area contributed by atoms with Crippen molar-refractivity contribution < 1.29 is 9.59 Å². The molecule has 1 aliphatic rings. The fourth-order valence-electron chi connectivity index (χ4n) is 3.30. The average Bonchev–Trinajstić information content (AvgIpc) is 3.19. The smallest absolute Gasteiger partial charge is 0.273 e. The predicted octanol–water partition coefficient (Wildman–Crippen LogP) is 1.61. The molecule has 2 aromatic heterocycles. The molecule has 2 N–H and O–H groups in total. The molecule has 2 heterocycles. The van der Waals surface area contributed by atoms with Gasteiger partial charge in [0, 0.05) is 25.3 Å². The van der Waals surface area contributed by atoms with E-state index in [2.05, 4.69) is 24.5 Å². The lowest BCUT2D eigenvalue weighted by Gasteiger charge is -2.29. The van der Waals surface area contributed by atoms with Gasteiger partial charge in [-0.1, -0.05) is 6.42 Å². The van der Waals surface area contributed by atoms with Crippen molar-refractivity contribution in [3.8, 4) is 0 Å². The van der Waals surface area contributed by atoms with Crippen molar-refractivity contribution in [3.63, 3.8) is 0 Å². The van der Waals surface area contributed by atoms with Crippen LogP contribution in [-0.4, -0.2) is 42.9 Å². The van der Waals surface area contributed by atoms with E-state index in [4.69, 9.17) is 0 Å². The molecule has 140 valence electrons. The summed E-state index contributed by atoms with van der Waals surface area (Å²) in [6.45, 7) is 4.30. The van der Waals surface area contributed by atoms with Gasteiger partial charge in [-0.05, 0) is 45.1 Å². The van der Waals surface area contributed by atoms with E-state index in [-0.39, 0.29) is 17.9 Å². The first-order chi connectivity index (χ1) is 12.4. The maximum absolute atomic E-state index is 12.3. The molecule has 26 heavy (non-hydrogen) atoms. The molecule has 0 radical (unpaired) electrons. The summed E-state index contributed by atoms with van der Waals surface area (Å²) in [4.78, 5) is 24.5. The first kappa shape index (κ1) is 18.5. The van der Waals surface area contributed by atoms with Gasteiger partial charge in [0.15, 0.2) is 5.69 Å². The number of nitrogens with one attached hydrogen (secondary N) is 2. The largest absolute Gasteiger partial charge is 0.350 e. The Kier molecular flexibility index (Phi) is 5.65. The Morgan fingerprint density at radius 2 is 2.08 bits per heavy atom. The zero-order valence-corrected chi connectivity index (χ0v) is 16.1. The third-order valence-electron chi connectivity index (χ3n) is 4.88. The minimum Gasteiger partial charge on any atom is -0.350 e. The number of aryl methyl sites for hydroxylation is 3. The van der Waals surface area contributed by atoms with Crippen molar-refractivity contribution in [2.45, 2.75) is 45.6 Å². The molecule has 2 aromatic rings. The summed E-state index contributed by atoms with van der Waals surface area (Å²) in [6.07, 6.45) is 3.88. The highest BCUT2D eigenvalue weighted by atomic mass is 32.1. The summed E-state index contributed by atoms with van der Waals surface area (Å²) in [5.41, 5.74) is 2.47. The van der Waals surface area contributed by atoms with Crippen molar-refractivity contribution >= 4 is 23.5 Å². The molecule has 1 fully saturated rings. The number of amides is 2. The van der Waals surface area contributed by atoms with Gasteiger partial charge in [-0.25, -0.2) is 0 Å². The lowest BCUT2D eigenvalue weighted by Crippen LogP contribution is -2.41. The fraction of sp³-hybridized carbons (Fsp3) is 0.588. The maximum atomic E-state index is 12.3. The Hall–Kier alpha value is -2.29. The van der Waals surface area contributed by atoms with E-state index >= 15 is 0 Å². The van der Waals surface area contributed by atoms with Gasteiger partial charge in [-0.15, -0.1) is 0 Å². The summed E-state index contributed by atoms with van der Waals surface area (Å²) in [5.74, 6) is 0.0383. The van der Waals surface area contributed by atoms with E-state index in [1.807, 2.05) is 14.0 Å². The van der Waals surface area contributed by atoms with Crippen molar-refractivity contribution in [3.05, 3.63) is 28.8 Å². The first-order valence-corrected chi connectivity index (χ1v) is 9.56. The monoisotopic (exact) mass is 376 g/mol. The first-order valence-electron chi connectivity index (χ1n) is 8.83. The van der Waals surface area contributed by atoms with Gasteiger partial charge in [0.25, 0.3) is 11.8 Å². The zero-order valence-electron chi connectivity index (χ0n) is 15.3. The highest BCUT2D eigenvalue weighted by Crippen LogP contribution is 2.24. The molecule has 1 aliphatic carbocycles. The van der Waals surface area contributed by atoms with E-state index in [1.165, 1.54) is 0 Å². The summed E-state index contributed by atoms with van der Waals surface area (Å²) in [5, 5.41) is 10.2. The fourth-order valence-corrected chi connectivity index (χ4v) is 3.84. The van der Waals surface area contributed by atoms with Crippen LogP contribution in [0.4, 0.5) is 0 Å². The van der Waals surface area contributed by atoms with Crippen LogP contribution in [0.5, 0.6) is 0 Å². The van der Waals surface area contributed by atoms with Gasteiger partial charge in [0.1, 0.15) is 5.69 Å². The molecule has 0 aromatic carbocycles. The van der Waals surface area contributed by atoms with E-state index in [0.717, 1.165) is 43.1 Å². The molecule has 0 spiro atoms. The minimum absolute atomic E-state index is 0.108. The maximum Gasteiger partial charge on any atom is 0.273 e. The van der Waals surface area contributed by atoms with Crippen LogP contribution in [0.3, 0.4) is 0 Å². The molecular weight excluding hydrogens is 352 g/mol. The van der Waals surface area contributed by atoms with E-state index < -0.39 is 0 Å². The predicted molar refractivity (Wildman–Crippen MR) is 98.1 cm³/mol. The van der Waals surface area contributed by atoms with Gasteiger partial charge in [-0.2, -0.15) is 13.8 Å². The van der Waals surface area contributed by atoms with Crippen LogP contribution in [0.2, 0.25) is 0 Å². The molecular formula is C17H24N6O2S. The van der Waals surface area contributed by atoms with E-state index in [1.54, 1.807) is 17.7 Å². The van der Waals surface area contributed by atoms with Crippen LogP contribution >= 0.6 is 11.7 Å². The second kappa shape index (κ2) is 7.94. The van der Waals surface area contributed by atoms with Crippen molar-refractivity contribution in [2.75, 3.05) is 6.54 Å². The molecule has 0 unspecified atom stereocenters. The van der Waals surface area contributed by atoms with Gasteiger partial charge < -0.3 is 10.6 Å². The quantitative estimate of drug-likeness (QED) is 0.825. The summed E-state index contributed by atoms with van der Waals surface area (Å²) < 4.78 is 9.79. The average molecular weight is 376 g/mol. The van der Waals surface area contributed by atoms with Crippen LogP contribution in [0.25, 0.3) is 0 Å². The van der Waals surface area contributed by atoms with Crippen molar-refractivity contribution in [1.29, 1.82) is 0 Å². The Bertz CT molecular complexity index is 780. The number of carbonyl (C=O) groups is 2. The van der Waals surface area contributed by atoms with Gasteiger partial charge in [-0.3, -0.25) is 14.3 Å². The number of rotatable bonds is 5. The molecule has 3 rings (SSSR count). The van der Waals surface area contributed by atoms with Crippen LogP contribution < -0.4 is 10.6 Å². The molecule has 1 saturated carbocycles. The van der Waals surface area contributed by atoms with Gasteiger partial charge >= 0.3 is 0 Å². The molecule has 8 nitrogen and oxygen atoms in total. The Balaban J connectivity index is 1.50. The Labute approximate surface area is 156 Å². The third kappa shape index (κ3) is 4.27. The minimum atomic E-state index is -0.158. The molecule has 2 atom stereocenters. The molecule has 0 saturated heterocycles. The molecule has 9 heteroatoms. The number of nitrogens with zero attached hydrogens (tertiary/aromatic N) is 4. The number of hydrogen-bond donors (Lipinski definition) is 2. The summed E-state index contributed by atoms with van der Waals surface area (Å²) >= 11 is 1.05. The zero-order chi connectivity index (χ0) is 18.7. The normalized spacial score (nSPS) is 20.0. The van der Waals surface area contributed by atoms with Crippen molar-refractivity contribution in [1.82, 2.24) is 29.2 Å². The lowest BCUT2D eigenvalue weighted by molar-refractivity contribution is 0.0896. The highest BCUT2D eigenvalue weighted by molar-refractivity contribution is 6.99. The van der Waals surface area contributed by atoms with E-state index in [9.17, 15) is 9.59 Å². The Morgan fingerprint density at radius 3 is 2.73 bits per heavy atom. The van der Waals surface area contributed by atoms with Crippen LogP contribution in [0.1, 0.15) is 58.0 Å². The second-order valence-electron chi connectivity index (χ2n) is 6.91. The SMILES string of the molecule is Cc1nsnc1C(=O)N[C@H]1CCC[C@@H](CNC(=O)c2cc(C)n(C)n2)C1. The lowest BCUT2D eigenvalue weighted by atomic mass is 9.85. The van der Waals surface area contributed by atoms with E-state index in [0.29, 0.717) is 29.5 Å². The number of carbonyl (C=O) groups excluding carboxylic acids is 2. The van der Waals surface area contributed by atoms with Crippen LogP contribution in [-0.2, 0) is 7.05 Å². The number of aromatic nitrogens is 4. The summed E-state index contributed by atoms with van der Waals surface area (Å²) in [6, 6.07) is 1.89. The highest BCUT2D eigenvalue weighted by Gasteiger charge is 2.25. The van der Waals surface area contributed by atoms with Gasteiger partial charge in [0.2, 0.25) is 0 Å². The standard InChI is InChI=1S/C17H24N6O2S/c1-10-7-14(20-23(10)3)16(24)18-9-12-5-4-6-13(8-12)19-17(25)15-11(2)21-26-22-15/h7,12-13H,4-6,8-9H2,1-3H3,(H,18,24)(H,19,25)/t12-,13+/m1/s1. The Morgan fingerprint density at radius 1 is 1.27 bits per heavy atom. The van der Waals surface area contributed by atoms with Crippen LogP contribution in [0, 0.1) is 19.8 Å². The van der Waals surface area contributed by atoms with Crippen molar-refractivity contribution in [2.24, 2.45) is 13.0 Å². The van der Waals surface area contributed by atoms with Gasteiger partial charge in [0.05, 0.1) is 17.4 Å². The summed E-state index contributed by atoms with van der Waals surface area (Å²) in [7, 11) is 1.82. The topological polar surface area (TPSA) is 102 Å². The molecule has 0 bridgehead atoms. The molecule has 0 aliphatic heterocycles. The number of hydrogen-bond acceptors (Lipinski definition) is 6. The second-order valence-corrected chi connectivity index (χ2v) is 7.43.